The first-order valence-corrected chi connectivity index (χ1v) is 10.3. The average Bonchev–Trinajstić information content (AvgIpc) is 3.05. The van der Waals surface area contributed by atoms with Crippen LogP contribution in [0.15, 0.2) is 48.3 Å². The first-order valence-electron chi connectivity index (χ1n) is 10.3. The van der Waals surface area contributed by atoms with Crippen LogP contribution >= 0.6 is 0 Å². The molecule has 2 saturated heterocycles. The monoisotopic (exact) mass is 384 g/mol. The Hall–Kier alpha value is -2.14. The number of hydrogen-bond acceptors (Lipinski definition) is 3. The summed E-state index contributed by atoms with van der Waals surface area (Å²) in [7, 11) is 0. The molecule has 1 aliphatic carbocycles. The molecule has 3 aliphatic rings. The van der Waals surface area contributed by atoms with Gasteiger partial charge in [0.2, 0.25) is 5.91 Å². The number of halogens is 1. The van der Waals surface area contributed by atoms with Crippen LogP contribution in [0.5, 0.6) is 0 Å². The predicted molar refractivity (Wildman–Crippen MR) is 108 cm³/mol. The molecule has 2 aliphatic heterocycles. The minimum Gasteiger partial charge on any atom is -0.508 e. The van der Waals surface area contributed by atoms with E-state index in [1.165, 1.54) is 11.1 Å². The lowest BCUT2D eigenvalue weighted by Crippen LogP contribution is -2.51. The number of aliphatic hydroxyl groups excluding tert-OH is 1. The Kier molecular flexibility index (Phi) is 5.54. The normalized spacial score (nSPS) is 31.3. The summed E-state index contributed by atoms with van der Waals surface area (Å²) in [4.78, 5) is 16.9. The molecule has 2 fully saturated rings. The first-order chi connectivity index (χ1) is 13.5. The van der Waals surface area contributed by atoms with Crippen LogP contribution in [0.25, 0.3) is 0 Å². The van der Waals surface area contributed by atoms with Crippen LogP contribution in [0, 0.1) is 18.8 Å². The van der Waals surface area contributed by atoms with Crippen LogP contribution in [-0.2, 0) is 11.3 Å². The number of benzene rings is 1. The molecule has 1 aromatic rings. The molecule has 0 radical (unpaired) electrons. The zero-order valence-electron chi connectivity index (χ0n) is 16.4. The van der Waals surface area contributed by atoms with E-state index in [0.29, 0.717) is 19.5 Å². The lowest BCUT2D eigenvalue weighted by molar-refractivity contribution is -0.133. The molecule has 150 valence electrons. The molecule has 1 N–H and O–H groups in total. The van der Waals surface area contributed by atoms with Gasteiger partial charge >= 0.3 is 0 Å². The van der Waals surface area contributed by atoms with E-state index < -0.39 is 6.17 Å². The van der Waals surface area contributed by atoms with E-state index in [1.54, 1.807) is 12.2 Å². The standard InChI is InChI=1S/C23H29FN2O2/c1-16-4-2-3-5-18(16)14-26-13-11-22(23(26)28)25-12-10-20(21(24)15-25)17-6-8-19(27)9-7-17/h2-6,8-9,17,20-22,27H,7,10-15H2,1H3/t17?,20-,21+,22?/m0/s1. The fourth-order valence-electron chi connectivity index (χ4n) is 4.87. The van der Waals surface area contributed by atoms with E-state index in [-0.39, 0.29) is 29.5 Å². The zero-order chi connectivity index (χ0) is 19.7. The highest BCUT2D eigenvalue weighted by atomic mass is 19.1. The molecule has 2 unspecified atom stereocenters. The summed E-state index contributed by atoms with van der Waals surface area (Å²) in [5, 5.41) is 9.48. The molecule has 4 atom stereocenters. The number of rotatable bonds is 4. The second-order valence-corrected chi connectivity index (χ2v) is 8.34. The summed E-state index contributed by atoms with van der Waals surface area (Å²) in [6.07, 6.45) is 6.68. The number of aliphatic hydroxyl groups is 1. The lowest BCUT2D eigenvalue weighted by Gasteiger charge is -2.40. The molecule has 28 heavy (non-hydrogen) atoms. The van der Waals surface area contributed by atoms with Gasteiger partial charge in [-0.15, -0.1) is 0 Å². The SMILES string of the molecule is Cc1ccccc1CN1CCC(N2CC[C@@H](C3C=CC(O)=CC3)[C@H](F)C2)C1=O. The van der Waals surface area contributed by atoms with E-state index in [0.717, 1.165) is 25.9 Å². The van der Waals surface area contributed by atoms with E-state index in [9.17, 15) is 14.3 Å². The van der Waals surface area contributed by atoms with Crippen molar-refractivity contribution in [2.45, 2.75) is 44.9 Å². The molecule has 0 aromatic heterocycles. The summed E-state index contributed by atoms with van der Waals surface area (Å²) in [6.45, 7) is 4.55. The van der Waals surface area contributed by atoms with Gasteiger partial charge in [-0.05, 0) is 67.8 Å². The Morgan fingerprint density at radius 3 is 2.75 bits per heavy atom. The third-order valence-corrected chi connectivity index (χ3v) is 6.62. The van der Waals surface area contributed by atoms with Crippen molar-refractivity contribution in [1.82, 2.24) is 9.80 Å². The molecule has 0 bridgehead atoms. The third-order valence-electron chi connectivity index (χ3n) is 6.62. The van der Waals surface area contributed by atoms with Crippen LogP contribution in [0.3, 0.4) is 0 Å². The van der Waals surface area contributed by atoms with Gasteiger partial charge in [0.15, 0.2) is 0 Å². The number of allylic oxidation sites excluding steroid dienone is 3. The quantitative estimate of drug-likeness (QED) is 0.859. The molecular weight excluding hydrogens is 355 g/mol. The molecule has 5 heteroatoms. The van der Waals surface area contributed by atoms with Gasteiger partial charge in [0.25, 0.3) is 0 Å². The van der Waals surface area contributed by atoms with E-state index in [4.69, 9.17) is 0 Å². The molecule has 4 rings (SSSR count). The van der Waals surface area contributed by atoms with Crippen molar-refractivity contribution in [2.75, 3.05) is 19.6 Å². The number of carbonyl (C=O) groups excluding carboxylic acids is 1. The second kappa shape index (κ2) is 8.08. The van der Waals surface area contributed by atoms with E-state index in [2.05, 4.69) is 24.0 Å². The lowest BCUT2D eigenvalue weighted by atomic mass is 9.79. The van der Waals surface area contributed by atoms with Gasteiger partial charge in [-0.1, -0.05) is 30.3 Å². The third kappa shape index (κ3) is 3.86. The minimum atomic E-state index is -0.935. The van der Waals surface area contributed by atoms with Gasteiger partial charge in [-0.25, -0.2) is 4.39 Å². The Morgan fingerprint density at radius 1 is 1.21 bits per heavy atom. The van der Waals surface area contributed by atoms with Gasteiger partial charge in [0.1, 0.15) is 11.9 Å². The summed E-state index contributed by atoms with van der Waals surface area (Å²) in [6, 6.07) is 7.98. The van der Waals surface area contributed by atoms with Crippen LogP contribution in [0.4, 0.5) is 4.39 Å². The highest BCUT2D eigenvalue weighted by Gasteiger charge is 2.41. The molecule has 2 heterocycles. The number of aryl methyl sites for hydroxylation is 1. The van der Waals surface area contributed by atoms with Crippen LogP contribution in [-0.4, -0.2) is 52.7 Å². The predicted octanol–water partition coefficient (Wildman–Crippen LogP) is 3.77. The number of carbonyl (C=O) groups is 1. The Balaban J connectivity index is 1.35. The summed E-state index contributed by atoms with van der Waals surface area (Å²) in [5.74, 6) is 0.523. The maximum Gasteiger partial charge on any atom is 0.240 e. The highest BCUT2D eigenvalue weighted by Crippen LogP contribution is 2.35. The van der Waals surface area contributed by atoms with E-state index in [1.807, 2.05) is 23.1 Å². The number of amides is 1. The van der Waals surface area contributed by atoms with Crippen molar-refractivity contribution >= 4 is 5.91 Å². The van der Waals surface area contributed by atoms with Crippen molar-refractivity contribution in [1.29, 1.82) is 0 Å². The fraction of sp³-hybridized carbons (Fsp3) is 0.522. The molecule has 4 nitrogen and oxygen atoms in total. The van der Waals surface area contributed by atoms with Gasteiger partial charge in [-0.2, -0.15) is 0 Å². The number of nitrogens with zero attached hydrogens (tertiary/aromatic N) is 2. The van der Waals surface area contributed by atoms with Crippen molar-refractivity contribution in [3.63, 3.8) is 0 Å². The molecule has 0 saturated carbocycles. The fourth-order valence-corrected chi connectivity index (χ4v) is 4.87. The van der Waals surface area contributed by atoms with Gasteiger partial charge in [0.05, 0.1) is 6.04 Å². The zero-order valence-corrected chi connectivity index (χ0v) is 16.4. The smallest absolute Gasteiger partial charge is 0.240 e. The summed E-state index contributed by atoms with van der Waals surface area (Å²) in [5.41, 5.74) is 2.38. The Labute approximate surface area is 166 Å². The highest BCUT2D eigenvalue weighted by molar-refractivity contribution is 5.84. The minimum absolute atomic E-state index is 0.0311. The second-order valence-electron chi connectivity index (χ2n) is 8.34. The molecule has 0 spiro atoms. The van der Waals surface area contributed by atoms with Crippen molar-refractivity contribution in [3.05, 3.63) is 59.4 Å². The number of alkyl halides is 1. The largest absolute Gasteiger partial charge is 0.508 e. The summed E-state index contributed by atoms with van der Waals surface area (Å²) < 4.78 is 15.0. The number of hydrogen-bond donors (Lipinski definition) is 1. The van der Waals surface area contributed by atoms with E-state index >= 15 is 0 Å². The molecule has 1 amide bonds. The van der Waals surface area contributed by atoms with Gasteiger partial charge < -0.3 is 10.0 Å². The topological polar surface area (TPSA) is 43.8 Å². The number of likely N-dealkylation sites (tertiary alicyclic amines) is 2. The molecule has 1 aromatic carbocycles. The first kappa shape index (κ1) is 19.2. The van der Waals surface area contributed by atoms with Crippen LogP contribution in [0.1, 0.15) is 30.4 Å². The van der Waals surface area contributed by atoms with Crippen LogP contribution < -0.4 is 0 Å². The van der Waals surface area contributed by atoms with Crippen molar-refractivity contribution in [3.8, 4) is 0 Å². The van der Waals surface area contributed by atoms with Gasteiger partial charge in [-0.3, -0.25) is 9.69 Å². The Morgan fingerprint density at radius 2 is 2.04 bits per heavy atom. The maximum atomic E-state index is 15.0. The average molecular weight is 384 g/mol. The summed E-state index contributed by atoms with van der Waals surface area (Å²) >= 11 is 0. The Bertz CT molecular complexity index is 791. The van der Waals surface area contributed by atoms with Crippen LogP contribution in [0.2, 0.25) is 0 Å². The number of piperidine rings is 1. The maximum absolute atomic E-state index is 15.0. The van der Waals surface area contributed by atoms with Crippen molar-refractivity contribution < 1.29 is 14.3 Å². The van der Waals surface area contributed by atoms with Crippen molar-refractivity contribution in [2.24, 2.45) is 11.8 Å². The molecular formula is C23H29FN2O2. The van der Waals surface area contributed by atoms with Gasteiger partial charge in [0, 0.05) is 19.6 Å².